The maximum absolute atomic E-state index is 14.0. The van der Waals surface area contributed by atoms with E-state index in [1.165, 1.54) is 25.3 Å². The molecule has 1 amide bonds. The Hall–Kier alpha value is -2.24. The highest BCUT2D eigenvalue weighted by molar-refractivity contribution is 5.83. The van der Waals surface area contributed by atoms with E-state index >= 15 is 0 Å². The molecule has 6 heteroatoms. The lowest BCUT2D eigenvalue weighted by molar-refractivity contribution is -0.159. The molecular formula is C25H30FN3O2. The van der Waals surface area contributed by atoms with E-state index in [1.54, 1.807) is 18.2 Å². The van der Waals surface area contributed by atoms with Crippen LogP contribution < -0.4 is 0 Å². The van der Waals surface area contributed by atoms with Crippen LogP contribution in [0.1, 0.15) is 57.3 Å². The number of likely N-dealkylation sites (tertiary alicyclic amines) is 1. The van der Waals surface area contributed by atoms with E-state index in [0.29, 0.717) is 35.5 Å². The van der Waals surface area contributed by atoms with Crippen LogP contribution >= 0.6 is 0 Å². The van der Waals surface area contributed by atoms with Crippen molar-refractivity contribution in [3.05, 3.63) is 36.0 Å². The molecule has 5 aliphatic rings. The number of nitrogens with zero attached hydrogens (tertiary/aromatic N) is 3. The molecule has 31 heavy (non-hydrogen) atoms. The van der Waals surface area contributed by atoms with Crippen LogP contribution in [0.15, 0.2) is 28.8 Å². The Kier molecular flexibility index (Phi) is 4.65. The maximum atomic E-state index is 14.0. The zero-order chi connectivity index (χ0) is 21.0. The number of carbonyl (C=O) groups is 1. The van der Waals surface area contributed by atoms with Crippen molar-refractivity contribution in [2.45, 2.75) is 57.8 Å². The summed E-state index contributed by atoms with van der Waals surface area (Å²) < 4.78 is 19.5. The van der Waals surface area contributed by atoms with E-state index in [9.17, 15) is 9.18 Å². The van der Waals surface area contributed by atoms with Gasteiger partial charge < -0.3 is 9.42 Å². The Morgan fingerprint density at radius 3 is 2.55 bits per heavy atom. The van der Waals surface area contributed by atoms with Crippen LogP contribution in [0.3, 0.4) is 0 Å². The molecule has 4 bridgehead atoms. The number of hydrogen-bond acceptors (Lipinski definition) is 4. The van der Waals surface area contributed by atoms with E-state index in [2.05, 4.69) is 15.0 Å². The van der Waals surface area contributed by atoms with Crippen LogP contribution in [0.5, 0.6) is 0 Å². The molecule has 2 heterocycles. The van der Waals surface area contributed by atoms with Crippen molar-refractivity contribution in [3.63, 3.8) is 0 Å². The van der Waals surface area contributed by atoms with Gasteiger partial charge in [0.15, 0.2) is 0 Å². The number of amides is 1. The molecule has 1 aromatic heterocycles. The lowest BCUT2D eigenvalue weighted by atomic mass is 9.49. The van der Waals surface area contributed by atoms with Gasteiger partial charge in [-0.05, 0) is 87.2 Å². The molecule has 164 valence electrons. The minimum atomic E-state index is -0.347. The van der Waals surface area contributed by atoms with Gasteiger partial charge in [0.05, 0.1) is 11.0 Å². The Labute approximate surface area is 182 Å². The minimum Gasteiger partial charge on any atom is -0.342 e. The quantitative estimate of drug-likeness (QED) is 0.704. The zero-order valence-electron chi connectivity index (χ0n) is 17.9. The van der Waals surface area contributed by atoms with Crippen LogP contribution in [0.2, 0.25) is 0 Å². The average molecular weight is 424 g/mol. The molecule has 5 nitrogen and oxygen atoms in total. The van der Waals surface area contributed by atoms with Gasteiger partial charge in [0.2, 0.25) is 17.6 Å². The predicted molar refractivity (Wildman–Crippen MR) is 113 cm³/mol. The van der Waals surface area contributed by atoms with Crippen LogP contribution in [-0.4, -0.2) is 34.0 Å². The summed E-state index contributed by atoms with van der Waals surface area (Å²) in [4.78, 5) is 20.3. The smallest absolute Gasteiger partial charge is 0.228 e. The Bertz CT molecular complexity index is 951. The largest absolute Gasteiger partial charge is 0.342 e. The molecule has 4 aliphatic carbocycles. The van der Waals surface area contributed by atoms with E-state index < -0.39 is 0 Å². The standard InChI is InChI=1S/C25H30FN3O2/c26-21-6-2-1-5-20(21)23-27-22(31-28-23)11-16-4-3-7-29(15-16)24(30)25-12-17-8-18(13-25)10-19(9-17)14-25/h1-2,5-6,16-19H,3-4,7-15H2. The fourth-order valence-corrected chi connectivity index (χ4v) is 7.46. The molecule has 7 rings (SSSR count). The number of carbonyl (C=O) groups excluding carboxylic acids is 1. The average Bonchev–Trinajstić information content (AvgIpc) is 3.21. The summed E-state index contributed by atoms with van der Waals surface area (Å²) in [5.74, 6) is 3.58. The van der Waals surface area contributed by atoms with E-state index in [0.717, 1.165) is 62.9 Å². The first-order valence-electron chi connectivity index (χ1n) is 11.9. The van der Waals surface area contributed by atoms with E-state index in [1.807, 2.05) is 0 Å². The number of rotatable bonds is 4. The van der Waals surface area contributed by atoms with Crippen LogP contribution in [0.25, 0.3) is 11.4 Å². The molecule has 5 fully saturated rings. The molecule has 1 unspecified atom stereocenters. The molecule has 1 saturated heterocycles. The van der Waals surface area contributed by atoms with Gasteiger partial charge in [-0.25, -0.2) is 4.39 Å². The van der Waals surface area contributed by atoms with Gasteiger partial charge in [0, 0.05) is 19.5 Å². The van der Waals surface area contributed by atoms with Crippen molar-refractivity contribution >= 4 is 5.91 Å². The first kappa shape index (κ1) is 19.4. The van der Waals surface area contributed by atoms with Gasteiger partial charge in [-0.2, -0.15) is 4.98 Å². The third kappa shape index (κ3) is 3.48. The van der Waals surface area contributed by atoms with E-state index in [4.69, 9.17) is 4.52 Å². The van der Waals surface area contributed by atoms with Gasteiger partial charge in [0.25, 0.3) is 0 Å². The molecule has 4 saturated carbocycles. The number of hydrogen-bond donors (Lipinski definition) is 0. The fraction of sp³-hybridized carbons (Fsp3) is 0.640. The van der Waals surface area contributed by atoms with Crippen LogP contribution in [0.4, 0.5) is 4.39 Å². The fourth-order valence-electron chi connectivity index (χ4n) is 7.46. The molecule has 0 spiro atoms. The van der Waals surface area contributed by atoms with Crippen molar-refractivity contribution in [1.82, 2.24) is 15.0 Å². The lowest BCUT2D eigenvalue weighted by Crippen LogP contribution is -2.56. The third-order valence-electron chi connectivity index (χ3n) is 8.34. The van der Waals surface area contributed by atoms with E-state index in [-0.39, 0.29) is 11.2 Å². The second kappa shape index (κ2) is 7.42. The highest BCUT2D eigenvalue weighted by Crippen LogP contribution is 2.60. The molecule has 0 radical (unpaired) electrons. The van der Waals surface area contributed by atoms with Gasteiger partial charge >= 0.3 is 0 Å². The molecule has 0 N–H and O–H groups in total. The second-order valence-electron chi connectivity index (χ2n) is 10.7. The SMILES string of the molecule is O=C(N1CCCC(Cc2nc(-c3ccccc3F)no2)C1)C12CC3CC(CC(C3)C1)C2. The summed E-state index contributed by atoms with van der Waals surface area (Å²) in [6, 6.07) is 6.48. The first-order valence-corrected chi connectivity index (χ1v) is 11.9. The molecule has 1 aliphatic heterocycles. The molecule has 1 aromatic carbocycles. The predicted octanol–water partition coefficient (Wildman–Crippen LogP) is 4.87. The summed E-state index contributed by atoms with van der Waals surface area (Å²) >= 11 is 0. The lowest BCUT2D eigenvalue weighted by Gasteiger charge is -2.57. The Morgan fingerprint density at radius 2 is 1.84 bits per heavy atom. The monoisotopic (exact) mass is 423 g/mol. The van der Waals surface area contributed by atoms with Crippen molar-refractivity contribution in [1.29, 1.82) is 0 Å². The number of aromatic nitrogens is 2. The van der Waals surface area contributed by atoms with Crippen LogP contribution in [-0.2, 0) is 11.2 Å². The Morgan fingerprint density at radius 1 is 1.13 bits per heavy atom. The summed E-state index contributed by atoms with van der Waals surface area (Å²) in [5.41, 5.74) is 0.291. The highest BCUT2D eigenvalue weighted by Gasteiger charge is 2.55. The summed E-state index contributed by atoms with van der Waals surface area (Å²) in [5, 5.41) is 3.99. The topological polar surface area (TPSA) is 59.2 Å². The van der Waals surface area contributed by atoms with Gasteiger partial charge in [-0.3, -0.25) is 4.79 Å². The minimum absolute atomic E-state index is 0.0703. The maximum Gasteiger partial charge on any atom is 0.228 e. The van der Waals surface area contributed by atoms with Crippen molar-refractivity contribution in [3.8, 4) is 11.4 Å². The van der Waals surface area contributed by atoms with Crippen molar-refractivity contribution in [2.24, 2.45) is 29.1 Å². The summed E-state index contributed by atoms with van der Waals surface area (Å²) in [6.07, 6.45) is 10.2. The molecule has 1 atom stereocenters. The van der Waals surface area contributed by atoms with Crippen molar-refractivity contribution in [2.75, 3.05) is 13.1 Å². The zero-order valence-corrected chi connectivity index (χ0v) is 17.9. The van der Waals surface area contributed by atoms with Gasteiger partial charge in [-0.15, -0.1) is 0 Å². The molecule has 2 aromatic rings. The van der Waals surface area contributed by atoms with Gasteiger partial charge in [0.1, 0.15) is 5.82 Å². The number of benzene rings is 1. The van der Waals surface area contributed by atoms with Gasteiger partial charge in [-0.1, -0.05) is 17.3 Å². The number of piperidine rings is 1. The third-order valence-corrected chi connectivity index (χ3v) is 8.34. The summed E-state index contributed by atoms with van der Waals surface area (Å²) in [6.45, 7) is 1.65. The first-order chi connectivity index (χ1) is 15.1. The van der Waals surface area contributed by atoms with Crippen molar-refractivity contribution < 1.29 is 13.7 Å². The Balaban J connectivity index is 1.14. The highest BCUT2D eigenvalue weighted by atomic mass is 19.1. The summed E-state index contributed by atoms with van der Waals surface area (Å²) in [7, 11) is 0. The second-order valence-corrected chi connectivity index (χ2v) is 10.7. The number of halogens is 1. The normalized spacial score (nSPS) is 34.3. The van der Waals surface area contributed by atoms with Crippen LogP contribution in [0, 0.1) is 34.9 Å². The molecular weight excluding hydrogens is 393 g/mol.